The Morgan fingerprint density at radius 2 is 1.51 bits per heavy atom. The minimum Gasteiger partial charge on any atom is -0.497 e. The van der Waals surface area contributed by atoms with E-state index >= 15 is 0 Å². The second-order valence-corrected chi connectivity index (χ2v) is 11.1. The summed E-state index contributed by atoms with van der Waals surface area (Å²) in [7, 11) is 3.91. The van der Waals surface area contributed by atoms with Crippen molar-refractivity contribution in [3.8, 4) is 11.5 Å². The molecule has 5 rings (SSSR count). The van der Waals surface area contributed by atoms with Crippen molar-refractivity contribution in [2.45, 2.75) is 46.3 Å². The molecule has 0 N–H and O–H groups in total. The molecule has 3 aromatic carbocycles. The Morgan fingerprint density at radius 1 is 0.865 bits per heavy atom. The number of anilines is 2. The highest BCUT2D eigenvalue weighted by molar-refractivity contribution is 5.70. The van der Waals surface area contributed by atoms with Gasteiger partial charge in [-0.25, -0.2) is 0 Å². The lowest BCUT2D eigenvalue weighted by Gasteiger charge is -2.39. The molecule has 1 fully saturated rings. The van der Waals surface area contributed by atoms with Gasteiger partial charge in [-0.2, -0.15) is 0 Å². The van der Waals surface area contributed by atoms with Gasteiger partial charge < -0.3 is 19.3 Å². The summed E-state index contributed by atoms with van der Waals surface area (Å²) in [5.41, 5.74) is 9.23. The van der Waals surface area contributed by atoms with Gasteiger partial charge in [0.1, 0.15) is 17.1 Å². The first kappa shape index (κ1) is 25.5. The van der Waals surface area contributed by atoms with E-state index in [0.29, 0.717) is 0 Å². The molecule has 1 unspecified atom stereocenters. The zero-order chi connectivity index (χ0) is 26.2. The van der Waals surface area contributed by atoms with Crippen LogP contribution in [0.25, 0.3) is 0 Å². The van der Waals surface area contributed by atoms with Crippen molar-refractivity contribution < 1.29 is 9.47 Å². The van der Waals surface area contributed by atoms with E-state index in [1.165, 1.54) is 39.2 Å². The summed E-state index contributed by atoms with van der Waals surface area (Å²) in [4.78, 5) is 7.46. The Balaban J connectivity index is 1.30. The van der Waals surface area contributed by atoms with Crippen LogP contribution in [-0.4, -0.2) is 57.4 Å². The molecule has 2 aliphatic heterocycles. The van der Waals surface area contributed by atoms with Gasteiger partial charge in [0.2, 0.25) is 0 Å². The van der Waals surface area contributed by atoms with Crippen LogP contribution in [0, 0.1) is 20.8 Å². The van der Waals surface area contributed by atoms with Gasteiger partial charge in [-0.3, -0.25) is 4.90 Å². The molecule has 0 amide bonds. The number of rotatable bonds is 7. The van der Waals surface area contributed by atoms with E-state index in [1.807, 2.05) is 12.1 Å². The second-order valence-electron chi connectivity index (χ2n) is 11.1. The SMILES string of the molecule is COc1ccc(N2CCN(c3c(C)c(C)c4c(c3C)CC(C)(CN(C)Cc3ccccc3)O4)CC2)cc1. The first-order valence-electron chi connectivity index (χ1n) is 13.5. The number of benzene rings is 3. The number of hydrogen-bond donors (Lipinski definition) is 0. The molecule has 2 heterocycles. The topological polar surface area (TPSA) is 28.2 Å². The lowest BCUT2D eigenvalue weighted by Crippen LogP contribution is -2.47. The molecule has 0 bridgehead atoms. The molecule has 1 saturated heterocycles. The molecule has 5 nitrogen and oxygen atoms in total. The third kappa shape index (κ3) is 5.15. The zero-order valence-corrected chi connectivity index (χ0v) is 23.3. The summed E-state index contributed by atoms with van der Waals surface area (Å²) in [5.74, 6) is 2.02. The highest BCUT2D eigenvalue weighted by Crippen LogP contribution is 2.46. The number of fused-ring (bicyclic) bond motifs is 1. The van der Waals surface area contributed by atoms with E-state index < -0.39 is 0 Å². The Bertz CT molecular complexity index is 1230. The van der Waals surface area contributed by atoms with Crippen LogP contribution in [0.1, 0.15) is 34.7 Å². The van der Waals surface area contributed by atoms with Crippen LogP contribution in [0.2, 0.25) is 0 Å². The average Bonchev–Trinajstić information content (AvgIpc) is 3.26. The zero-order valence-electron chi connectivity index (χ0n) is 23.3. The summed E-state index contributed by atoms with van der Waals surface area (Å²) < 4.78 is 12.1. The van der Waals surface area contributed by atoms with Crippen molar-refractivity contribution >= 4 is 11.4 Å². The van der Waals surface area contributed by atoms with E-state index in [2.05, 4.69) is 91.9 Å². The van der Waals surface area contributed by atoms with Crippen molar-refractivity contribution in [1.29, 1.82) is 0 Å². The quantitative estimate of drug-likeness (QED) is 0.411. The molecular weight excluding hydrogens is 458 g/mol. The maximum absolute atomic E-state index is 6.75. The van der Waals surface area contributed by atoms with Crippen molar-refractivity contribution in [3.05, 3.63) is 82.4 Å². The molecule has 0 aliphatic carbocycles. The molecule has 0 spiro atoms. The van der Waals surface area contributed by atoms with Crippen LogP contribution in [0.3, 0.4) is 0 Å². The number of likely N-dealkylation sites (N-methyl/N-ethyl adjacent to an activating group) is 1. The van der Waals surface area contributed by atoms with E-state index in [-0.39, 0.29) is 5.60 Å². The van der Waals surface area contributed by atoms with Crippen LogP contribution < -0.4 is 19.3 Å². The minimum atomic E-state index is -0.223. The van der Waals surface area contributed by atoms with Crippen LogP contribution >= 0.6 is 0 Å². The van der Waals surface area contributed by atoms with Gasteiger partial charge in [0.15, 0.2) is 0 Å². The van der Waals surface area contributed by atoms with Gasteiger partial charge in [0.25, 0.3) is 0 Å². The van der Waals surface area contributed by atoms with Crippen molar-refractivity contribution in [2.24, 2.45) is 0 Å². The summed E-state index contributed by atoms with van der Waals surface area (Å²) >= 11 is 0. The summed E-state index contributed by atoms with van der Waals surface area (Å²) in [6, 6.07) is 19.1. The fourth-order valence-electron chi connectivity index (χ4n) is 6.24. The Labute approximate surface area is 222 Å². The molecule has 0 aromatic heterocycles. The number of ether oxygens (including phenoxy) is 2. The van der Waals surface area contributed by atoms with Crippen molar-refractivity contribution in [1.82, 2.24) is 4.90 Å². The number of nitrogens with zero attached hydrogens (tertiary/aromatic N) is 3. The molecule has 0 radical (unpaired) electrons. The summed E-state index contributed by atoms with van der Waals surface area (Å²) in [5, 5.41) is 0. The molecular formula is C32H41N3O2. The lowest BCUT2D eigenvalue weighted by molar-refractivity contribution is 0.0704. The van der Waals surface area contributed by atoms with E-state index in [1.54, 1.807) is 7.11 Å². The van der Waals surface area contributed by atoms with Gasteiger partial charge in [-0.05, 0) is 81.3 Å². The highest BCUT2D eigenvalue weighted by Gasteiger charge is 2.39. The molecule has 196 valence electrons. The fraction of sp³-hybridized carbons (Fsp3) is 0.438. The Kier molecular flexibility index (Phi) is 7.09. The maximum atomic E-state index is 6.75. The van der Waals surface area contributed by atoms with E-state index in [9.17, 15) is 0 Å². The highest BCUT2D eigenvalue weighted by atomic mass is 16.5. The predicted molar refractivity (Wildman–Crippen MR) is 154 cm³/mol. The summed E-state index contributed by atoms with van der Waals surface area (Å²) in [6.45, 7) is 15.0. The van der Waals surface area contributed by atoms with Gasteiger partial charge in [-0.15, -0.1) is 0 Å². The molecule has 2 aliphatic rings. The number of hydrogen-bond acceptors (Lipinski definition) is 5. The third-order valence-electron chi connectivity index (χ3n) is 8.17. The van der Waals surface area contributed by atoms with E-state index in [4.69, 9.17) is 9.47 Å². The van der Waals surface area contributed by atoms with Crippen LogP contribution in [-0.2, 0) is 13.0 Å². The molecule has 0 saturated carbocycles. The van der Waals surface area contributed by atoms with Crippen LogP contribution in [0.5, 0.6) is 11.5 Å². The lowest BCUT2D eigenvalue weighted by atomic mass is 9.91. The number of methoxy groups -OCH3 is 1. The van der Waals surface area contributed by atoms with Gasteiger partial charge in [0.05, 0.1) is 7.11 Å². The maximum Gasteiger partial charge on any atom is 0.127 e. The Morgan fingerprint density at radius 3 is 2.16 bits per heavy atom. The van der Waals surface area contributed by atoms with Crippen molar-refractivity contribution in [3.63, 3.8) is 0 Å². The first-order valence-corrected chi connectivity index (χ1v) is 13.5. The van der Waals surface area contributed by atoms with Crippen molar-refractivity contribution in [2.75, 3.05) is 56.7 Å². The standard InChI is InChI=1S/C32H41N3O2/c1-23-24(2)31-29(20-32(4,37-31)22-33(5)21-26-10-8-7-9-11-26)25(3)30(23)35-18-16-34(17-19-35)27-12-14-28(36-6)15-13-27/h7-15H,16-22H2,1-6H3. The second kappa shape index (κ2) is 10.3. The number of piperazine rings is 1. The van der Waals surface area contributed by atoms with Gasteiger partial charge >= 0.3 is 0 Å². The third-order valence-corrected chi connectivity index (χ3v) is 8.17. The fourth-order valence-corrected chi connectivity index (χ4v) is 6.24. The summed E-state index contributed by atoms with van der Waals surface area (Å²) in [6.07, 6.45) is 0.952. The van der Waals surface area contributed by atoms with Gasteiger partial charge in [0, 0.05) is 62.6 Å². The molecule has 1 atom stereocenters. The average molecular weight is 500 g/mol. The molecule has 5 heteroatoms. The first-order chi connectivity index (χ1) is 17.8. The minimum absolute atomic E-state index is 0.223. The predicted octanol–water partition coefficient (Wildman–Crippen LogP) is 5.77. The smallest absolute Gasteiger partial charge is 0.127 e. The van der Waals surface area contributed by atoms with Crippen LogP contribution in [0.4, 0.5) is 11.4 Å². The Hall–Kier alpha value is -3.18. The largest absolute Gasteiger partial charge is 0.497 e. The monoisotopic (exact) mass is 499 g/mol. The van der Waals surface area contributed by atoms with Crippen LogP contribution in [0.15, 0.2) is 54.6 Å². The molecule has 3 aromatic rings. The normalized spacial score (nSPS) is 19.2. The van der Waals surface area contributed by atoms with Gasteiger partial charge in [-0.1, -0.05) is 30.3 Å². The van der Waals surface area contributed by atoms with E-state index in [0.717, 1.165) is 57.2 Å². The molecule has 37 heavy (non-hydrogen) atoms.